The molecule has 2 aromatic heterocycles. The minimum atomic E-state index is 0.195. The Bertz CT molecular complexity index is 674. The Labute approximate surface area is 108 Å². The van der Waals surface area contributed by atoms with Crippen LogP contribution >= 0.6 is 11.3 Å². The minimum absolute atomic E-state index is 0.195. The molecule has 90 valence electrons. The normalized spacial score (nSPS) is 10.9. The van der Waals surface area contributed by atoms with Crippen molar-refractivity contribution in [3.05, 3.63) is 41.0 Å². The van der Waals surface area contributed by atoms with Crippen LogP contribution in [0.3, 0.4) is 0 Å². The first kappa shape index (κ1) is 10.9. The molecule has 0 fully saturated rings. The lowest BCUT2D eigenvalue weighted by molar-refractivity contribution is 1.08. The van der Waals surface area contributed by atoms with Crippen LogP contribution in [-0.4, -0.2) is 15.0 Å². The number of nitrogens with zero attached hydrogens (tertiary/aromatic N) is 3. The lowest BCUT2D eigenvalue weighted by atomic mass is 10.2. The second-order valence-electron chi connectivity index (χ2n) is 3.89. The van der Waals surface area contributed by atoms with Crippen LogP contribution in [0.4, 0.5) is 11.8 Å². The van der Waals surface area contributed by atoms with Gasteiger partial charge in [-0.25, -0.2) is 9.97 Å². The molecule has 4 N–H and O–H groups in total. The number of anilines is 2. The smallest absolute Gasteiger partial charge is 0.221 e. The molecule has 3 rings (SSSR count). The van der Waals surface area contributed by atoms with E-state index in [9.17, 15) is 0 Å². The van der Waals surface area contributed by atoms with E-state index in [0.717, 1.165) is 16.1 Å². The number of benzene rings is 1. The third-order valence-electron chi connectivity index (χ3n) is 2.60. The van der Waals surface area contributed by atoms with E-state index < -0.39 is 0 Å². The molecule has 5 nitrogen and oxygen atoms in total. The van der Waals surface area contributed by atoms with Crippen molar-refractivity contribution in [1.29, 1.82) is 0 Å². The second-order valence-corrected chi connectivity index (χ2v) is 5.01. The van der Waals surface area contributed by atoms with Crippen molar-refractivity contribution in [3.8, 4) is 0 Å². The monoisotopic (exact) mass is 257 g/mol. The highest BCUT2D eigenvalue weighted by Crippen LogP contribution is 2.24. The van der Waals surface area contributed by atoms with Gasteiger partial charge < -0.3 is 11.5 Å². The van der Waals surface area contributed by atoms with E-state index in [1.54, 1.807) is 17.5 Å². The molecule has 2 heterocycles. The highest BCUT2D eigenvalue weighted by atomic mass is 32.1. The fraction of sp³-hybridized carbons (Fsp3) is 0.0833. The van der Waals surface area contributed by atoms with Gasteiger partial charge in [0.15, 0.2) is 0 Å². The summed E-state index contributed by atoms with van der Waals surface area (Å²) in [5, 5.41) is 0.997. The fourth-order valence-electron chi connectivity index (χ4n) is 1.73. The van der Waals surface area contributed by atoms with Gasteiger partial charge in [-0.15, -0.1) is 11.3 Å². The van der Waals surface area contributed by atoms with E-state index in [4.69, 9.17) is 11.5 Å². The number of hydrogen-bond donors (Lipinski definition) is 2. The predicted molar refractivity (Wildman–Crippen MR) is 73.3 cm³/mol. The molecule has 0 aliphatic carbocycles. The number of thiazole rings is 1. The average molecular weight is 257 g/mol. The van der Waals surface area contributed by atoms with Gasteiger partial charge in [0.05, 0.1) is 15.2 Å². The molecule has 0 spiro atoms. The number of aromatic nitrogens is 3. The van der Waals surface area contributed by atoms with Crippen molar-refractivity contribution < 1.29 is 0 Å². The number of nitrogen functional groups attached to an aromatic ring is 2. The number of hydrogen-bond acceptors (Lipinski definition) is 6. The van der Waals surface area contributed by atoms with Crippen molar-refractivity contribution in [3.63, 3.8) is 0 Å². The van der Waals surface area contributed by atoms with E-state index in [2.05, 4.69) is 21.0 Å². The number of rotatable bonds is 2. The Morgan fingerprint density at radius 3 is 2.72 bits per heavy atom. The van der Waals surface area contributed by atoms with Crippen LogP contribution in [0.1, 0.15) is 10.6 Å². The molecule has 0 saturated heterocycles. The highest BCUT2D eigenvalue weighted by molar-refractivity contribution is 7.18. The van der Waals surface area contributed by atoms with Crippen molar-refractivity contribution >= 4 is 33.3 Å². The topological polar surface area (TPSA) is 90.7 Å². The highest BCUT2D eigenvalue weighted by Gasteiger charge is 2.08. The van der Waals surface area contributed by atoms with E-state index in [1.807, 2.05) is 18.2 Å². The van der Waals surface area contributed by atoms with E-state index in [-0.39, 0.29) is 5.95 Å². The summed E-state index contributed by atoms with van der Waals surface area (Å²) in [5.74, 6) is 0.613. The predicted octanol–water partition coefficient (Wildman–Crippen LogP) is 1.84. The fourth-order valence-corrected chi connectivity index (χ4v) is 2.72. The third-order valence-corrected chi connectivity index (χ3v) is 3.63. The molecule has 0 bridgehead atoms. The third kappa shape index (κ3) is 1.98. The van der Waals surface area contributed by atoms with Gasteiger partial charge in [-0.05, 0) is 12.1 Å². The molecule has 18 heavy (non-hydrogen) atoms. The van der Waals surface area contributed by atoms with E-state index in [0.29, 0.717) is 12.2 Å². The zero-order chi connectivity index (χ0) is 12.5. The molecule has 0 aliphatic heterocycles. The maximum Gasteiger partial charge on any atom is 0.221 e. The number of nitrogens with two attached hydrogens (primary N) is 2. The minimum Gasteiger partial charge on any atom is -0.383 e. The molecule has 0 radical (unpaired) electrons. The van der Waals surface area contributed by atoms with Gasteiger partial charge in [-0.2, -0.15) is 4.98 Å². The zero-order valence-electron chi connectivity index (χ0n) is 9.50. The summed E-state index contributed by atoms with van der Waals surface area (Å²) >= 11 is 1.65. The zero-order valence-corrected chi connectivity index (χ0v) is 10.3. The van der Waals surface area contributed by atoms with Crippen LogP contribution in [0.25, 0.3) is 10.2 Å². The van der Waals surface area contributed by atoms with Crippen molar-refractivity contribution in [2.75, 3.05) is 11.5 Å². The van der Waals surface area contributed by atoms with Crippen molar-refractivity contribution in [2.24, 2.45) is 0 Å². The molecule has 0 amide bonds. The van der Waals surface area contributed by atoms with Crippen LogP contribution < -0.4 is 11.5 Å². The summed E-state index contributed by atoms with van der Waals surface area (Å²) in [6.45, 7) is 0. The quantitative estimate of drug-likeness (QED) is 0.731. The van der Waals surface area contributed by atoms with Crippen LogP contribution in [0.2, 0.25) is 0 Å². The van der Waals surface area contributed by atoms with Gasteiger partial charge in [-0.1, -0.05) is 12.1 Å². The first-order chi connectivity index (χ1) is 8.72. The molecule has 6 heteroatoms. The second kappa shape index (κ2) is 4.23. The van der Waals surface area contributed by atoms with Crippen LogP contribution in [0.15, 0.2) is 30.5 Å². The van der Waals surface area contributed by atoms with Crippen molar-refractivity contribution in [1.82, 2.24) is 15.0 Å². The van der Waals surface area contributed by atoms with Gasteiger partial charge in [0, 0.05) is 18.2 Å². The standard InChI is InChI=1S/C12H11N5S/c13-11-7(6-15-12(14)17-11)5-10-16-8-3-1-2-4-9(8)18-10/h1-4,6H,5H2,(H4,13,14,15,17). The summed E-state index contributed by atoms with van der Waals surface area (Å²) in [6, 6.07) is 8.04. The largest absolute Gasteiger partial charge is 0.383 e. The molecule has 0 saturated carbocycles. The summed E-state index contributed by atoms with van der Waals surface area (Å²) in [4.78, 5) is 12.4. The van der Waals surface area contributed by atoms with Crippen LogP contribution in [-0.2, 0) is 6.42 Å². The summed E-state index contributed by atoms with van der Waals surface area (Å²) in [6.07, 6.45) is 2.29. The Hall–Kier alpha value is -2.21. The van der Waals surface area contributed by atoms with Gasteiger partial charge in [0.2, 0.25) is 5.95 Å². The lowest BCUT2D eigenvalue weighted by Crippen LogP contribution is -2.03. The first-order valence-electron chi connectivity index (χ1n) is 5.43. The van der Waals surface area contributed by atoms with Crippen molar-refractivity contribution in [2.45, 2.75) is 6.42 Å². The maximum atomic E-state index is 5.81. The number of para-hydroxylation sites is 1. The average Bonchev–Trinajstić information content (AvgIpc) is 2.75. The Morgan fingerprint density at radius 2 is 1.94 bits per heavy atom. The molecule has 0 aliphatic rings. The van der Waals surface area contributed by atoms with Gasteiger partial charge in [-0.3, -0.25) is 0 Å². The Morgan fingerprint density at radius 1 is 1.11 bits per heavy atom. The van der Waals surface area contributed by atoms with Crippen LogP contribution in [0.5, 0.6) is 0 Å². The van der Waals surface area contributed by atoms with Gasteiger partial charge in [0.1, 0.15) is 5.82 Å². The summed E-state index contributed by atoms with van der Waals surface area (Å²) in [5.41, 5.74) is 13.1. The SMILES string of the molecule is Nc1ncc(Cc2nc3ccccc3s2)c(N)n1. The Kier molecular flexibility index (Phi) is 2.56. The Balaban J connectivity index is 1.96. The van der Waals surface area contributed by atoms with E-state index >= 15 is 0 Å². The summed E-state index contributed by atoms with van der Waals surface area (Å²) in [7, 11) is 0. The van der Waals surface area contributed by atoms with Crippen LogP contribution in [0, 0.1) is 0 Å². The first-order valence-corrected chi connectivity index (χ1v) is 6.25. The maximum absolute atomic E-state index is 5.81. The number of fused-ring (bicyclic) bond motifs is 1. The van der Waals surface area contributed by atoms with Gasteiger partial charge >= 0.3 is 0 Å². The molecule has 0 atom stereocenters. The van der Waals surface area contributed by atoms with Gasteiger partial charge in [0.25, 0.3) is 0 Å². The molecular formula is C12H11N5S. The van der Waals surface area contributed by atoms with E-state index in [1.165, 1.54) is 4.70 Å². The lowest BCUT2D eigenvalue weighted by Gasteiger charge is -2.01. The molecule has 0 unspecified atom stereocenters. The molecular weight excluding hydrogens is 246 g/mol. The molecule has 1 aromatic carbocycles. The molecule has 3 aromatic rings. The summed E-state index contributed by atoms with van der Waals surface area (Å²) < 4.78 is 1.17.